The van der Waals surface area contributed by atoms with E-state index in [1.54, 1.807) is 7.11 Å². The van der Waals surface area contributed by atoms with Crippen LogP contribution in [0.4, 0.5) is 4.79 Å². The lowest BCUT2D eigenvalue weighted by Crippen LogP contribution is -2.35. The highest BCUT2D eigenvalue weighted by Crippen LogP contribution is 2.52. The molecular weight excluding hydrogens is 206 g/mol. The molecule has 2 aliphatic carbocycles. The Bertz CT molecular complexity index is 272. The lowest BCUT2D eigenvalue weighted by atomic mass is 10.2. The maximum atomic E-state index is 11.5. The van der Waals surface area contributed by atoms with Crippen LogP contribution in [0.15, 0.2) is 0 Å². The Kier molecular flexibility index (Phi) is 2.86. The minimum atomic E-state index is -0.414. The van der Waals surface area contributed by atoms with Crippen LogP contribution in [-0.2, 0) is 9.47 Å². The van der Waals surface area contributed by atoms with Gasteiger partial charge in [0.05, 0.1) is 6.10 Å². The molecule has 0 spiro atoms. The molecule has 2 fully saturated rings. The zero-order valence-corrected chi connectivity index (χ0v) is 10.4. The van der Waals surface area contributed by atoms with Gasteiger partial charge in [-0.3, -0.25) is 0 Å². The SMILES string of the molecule is COC1CC2C(C1)C2NC(=O)OC(C)(C)C. The van der Waals surface area contributed by atoms with Crippen molar-refractivity contribution in [1.29, 1.82) is 0 Å². The van der Waals surface area contributed by atoms with Crippen molar-refractivity contribution in [2.24, 2.45) is 11.8 Å². The van der Waals surface area contributed by atoms with Gasteiger partial charge >= 0.3 is 6.09 Å². The second-order valence-corrected chi connectivity index (χ2v) is 5.83. The Morgan fingerprint density at radius 2 is 1.81 bits per heavy atom. The topological polar surface area (TPSA) is 47.6 Å². The molecule has 2 unspecified atom stereocenters. The van der Waals surface area contributed by atoms with Crippen LogP contribution in [0.3, 0.4) is 0 Å². The van der Waals surface area contributed by atoms with Gasteiger partial charge in [0.25, 0.3) is 0 Å². The van der Waals surface area contributed by atoms with Crippen molar-refractivity contribution in [2.45, 2.75) is 51.4 Å². The summed E-state index contributed by atoms with van der Waals surface area (Å²) in [6, 6.07) is 0.321. The zero-order valence-electron chi connectivity index (χ0n) is 10.4. The maximum Gasteiger partial charge on any atom is 0.407 e. The van der Waals surface area contributed by atoms with Gasteiger partial charge in [0.2, 0.25) is 0 Å². The molecule has 0 aromatic carbocycles. The number of ether oxygens (including phenoxy) is 2. The van der Waals surface area contributed by atoms with Gasteiger partial charge in [-0.15, -0.1) is 0 Å². The van der Waals surface area contributed by atoms with Crippen LogP contribution in [0, 0.1) is 11.8 Å². The van der Waals surface area contributed by atoms with Crippen LogP contribution in [0.1, 0.15) is 33.6 Å². The number of carbonyl (C=O) groups excluding carboxylic acids is 1. The minimum Gasteiger partial charge on any atom is -0.444 e. The molecule has 0 aromatic heterocycles. The second-order valence-electron chi connectivity index (χ2n) is 5.83. The Hall–Kier alpha value is -0.770. The third-order valence-corrected chi connectivity index (χ3v) is 3.42. The molecule has 16 heavy (non-hydrogen) atoms. The van der Waals surface area contributed by atoms with E-state index < -0.39 is 5.60 Å². The van der Waals surface area contributed by atoms with Crippen LogP contribution in [0.25, 0.3) is 0 Å². The third kappa shape index (κ3) is 2.48. The van der Waals surface area contributed by atoms with Crippen LogP contribution < -0.4 is 5.32 Å². The van der Waals surface area contributed by atoms with Gasteiger partial charge in [0.1, 0.15) is 5.60 Å². The molecule has 0 aliphatic heterocycles. The highest BCUT2D eigenvalue weighted by molar-refractivity contribution is 5.68. The van der Waals surface area contributed by atoms with Crippen molar-refractivity contribution < 1.29 is 14.3 Å². The summed E-state index contributed by atoms with van der Waals surface area (Å²) in [6.45, 7) is 5.63. The van der Waals surface area contributed by atoms with Gasteiger partial charge in [-0.2, -0.15) is 0 Å². The predicted octanol–water partition coefficient (Wildman–Crippen LogP) is 1.93. The first kappa shape index (κ1) is 11.7. The molecule has 2 aliphatic rings. The Labute approximate surface area is 96.7 Å². The molecule has 4 nitrogen and oxygen atoms in total. The van der Waals surface area contributed by atoms with Gasteiger partial charge in [-0.05, 0) is 45.4 Å². The standard InChI is InChI=1S/C12H21NO3/c1-12(2,3)16-11(14)13-10-8-5-7(15-4)6-9(8)10/h7-10H,5-6H2,1-4H3,(H,13,14). The van der Waals surface area contributed by atoms with E-state index in [4.69, 9.17) is 9.47 Å². The molecule has 1 amide bonds. The molecule has 2 rings (SSSR count). The fraction of sp³-hybridized carbons (Fsp3) is 0.917. The van der Waals surface area contributed by atoms with Crippen LogP contribution in [0.2, 0.25) is 0 Å². The van der Waals surface area contributed by atoms with Gasteiger partial charge < -0.3 is 14.8 Å². The molecule has 2 atom stereocenters. The zero-order chi connectivity index (χ0) is 11.9. The average molecular weight is 227 g/mol. The lowest BCUT2D eigenvalue weighted by molar-refractivity contribution is 0.0501. The summed E-state index contributed by atoms with van der Waals surface area (Å²) in [5.41, 5.74) is -0.414. The van der Waals surface area contributed by atoms with E-state index in [2.05, 4.69) is 5.32 Å². The number of amides is 1. The van der Waals surface area contributed by atoms with E-state index in [0.717, 1.165) is 12.8 Å². The number of alkyl carbamates (subject to hydrolysis) is 1. The number of hydrogen-bond acceptors (Lipinski definition) is 3. The highest BCUT2D eigenvalue weighted by Gasteiger charge is 2.57. The first-order chi connectivity index (χ1) is 7.40. The van der Waals surface area contributed by atoms with Gasteiger partial charge in [0, 0.05) is 13.2 Å². The average Bonchev–Trinajstić information content (AvgIpc) is 2.60. The van der Waals surface area contributed by atoms with Crippen LogP contribution in [-0.4, -0.2) is 30.9 Å². The fourth-order valence-electron chi connectivity index (χ4n) is 2.64. The number of hydrogen-bond donors (Lipinski definition) is 1. The first-order valence-electron chi connectivity index (χ1n) is 5.93. The highest BCUT2D eigenvalue weighted by atomic mass is 16.6. The molecule has 92 valence electrons. The normalized spacial score (nSPS) is 36.8. The summed E-state index contributed by atoms with van der Waals surface area (Å²) in [6.07, 6.45) is 2.25. The van der Waals surface area contributed by atoms with Crippen molar-refractivity contribution in [3.63, 3.8) is 0 Å². The maximum absolute atomic E-state index is 11.5. The van der Waals surface area contributed by atoms with Crippen LogP contribution in [0.5, 0.6) is 0 Å². The second kappa shape index (κ2) is 3.91. The Morgan fingerprint density at radius 1 is 1.25 bits per heavy atom. The monoisotopic (exact) mass is 227 g/mol. The van der Waals surface area contributed by atoms with Crippen molar-refractivity contribution in [1.82, 2.24) is 5.32 Å². The summed E-state index contributed by atoms with van der Waals surface area (Å²) in [5, 5.41) is 2.94. The summed E-state index contributed by atoms with van der Waals surface area (Å²) >= 11 is 0. The number of methoxy groups -OCH3 is 1. The van der Waals surface area contributed by atoms with E-state index in [-0.39, 0.29) is 6.09 Å². The summed E-state index contributed by atoms with van der Waals surface area (Å²) < 4.78 is 10.5. The molecule has 0 radical (unpaired) electrons. The minimum absolute atomic E-state index is 0.291. The summed E-state index contributed by atoms with van der Waals surface area (Å²) in [5.74, 6) is 1.22. The molecule has 2 saturated carbocycles. The lowest BCUT2D eigenvalue weighted by Gasteiger charge is -2.20. The number of rotatable bonds is 2. The van der Waals surface area contributed by atoms with Crippen LogP contribution >= 0.6 is 0 Å². The summed E-state index contributed by atoms with van der Waals surface area (Å²) in [4.78, 5) is 11.5. The molecule has 0 bridgehead atoms. The van der Waals surface area contributed by atoms with Gasteiger partial charge in [-0.25, -0.2) is 4.79 Å². The van der Waals surface area contributed by atoms with Gasteiger partial charge in [-0.1, -0.05) is 0 Å². The van der Waals surface area contributed by atoms with Gasteiger partial charge in [0.15, 0.2) is 0 Å². The van der Waals surface area contributed by atoms with Crippen molar-refractivity contribution in [3.05, 3.63) is 0 Å². The molecule has 0 heterocycles. The number of fused-ring (bicyclic) bond motifs is 1. The number of nitrogens with one attached hydrogen (secondary N) is 1. The molecule has 0 saturated heterocycles. The number of carbonyl (C=O) groups is 1. The van der Waals surface area contributed by atoms with Crippen molar-refractivity contribution >= 4 is 6.09 Å². The Morgan fingerprint density at radius 3 is 2.25 bits per heavy atom. The van der Waals surface area contributed by atoms with Crippen molar-refractivity contribution in [3.8, 4) is 0 Å². The first-order valence-corrected chi connectivity index (χ1v) is 5.93. The smallest absolute Gasteiger partial charge is 0.407 e. The molecular formula is C12H21NO3. The van der Waals surface area contributed by atoms with E-state index >= 15 is 0 Å². The quantitative estimate of drug-likeness (QED) is 0.784. The summed E-state index contributed by atoms with van der Waals surface area (Å²) in [7, 11) is 1.76. The Balaban J connectivity index is 1.73. The molecule has 1 N–H and O–H groups in total. The van der Waals surface area contributed by atoms with E-state index in [1.807, 2.05) is 20.8 Å². The fourth-order valence-corrected chi connectivity index (χ4v) is 2.64. The van der Waals surface area contributed by atoms with Crippen molar-refractivity contribution in [2.75, 3.05) is 7.11 Å². The predicted molar refractivity (Wildman–Crippen MR) is 60.2 cm³/mol. The third-order valence-electron chi connectivity index (χ3n) is 3.42. The molecule has 4 heteroatoms. The molecule has 0 aromatic rings. The van der Waals surface area contributed by atoms with E-state index in [0.29, 0.717) is 24.0 Å². The van der Waals surface area contributed by atoms with E-state index in [1.165, 1.54) is 0 Å². The van der Waals surface area contributed by atoms with E-state index in [9.17, 15) is 4.79 Å². The largest absolute Gasteiger partial charge is 0.444 e.